The average Bonchev–Trinajstić information content (AvgIpc) is 2.94. The Labute approximate surface area is 516 Å². The van der Waals surface area contributed by atoms with Gasteiger partial charge >= 0.3 is 51.4 Å². The van der Waals surface area contributed by atoms with Gasteiger partial charge in [-0.05, 0) is 150 Å². The van der Waals surface area contributed by atoms with Gasteiger partial charge < -0.3 is 23.7 Å². The Bertz CT molecular complexity index is 3780. The van der Waals surface area contributed by atoms with Crippen molar-refractivity contribution < 1.29 is 60.5 Å². The van der Waals surface area contributed by atoms with Crippen molar-refractivity contribution >= 4 is 295 Å². The topological polar surface area (TPSA) is 52.0 Å². The van der Waals surface area contributed by atoms with Crippen LogP contribution in [-0.2, 0) is 15.9 Å². The number of benzene rings is 5. The maximum Gasteiger partial charge on any atom is 1.00 e. The van der Waals surface area contributed by atoms with Crippen LogP contribution in [0.4, 0.5) is 0 Å². The number of furan rings is 1. The number of fused-ring (bicyclic) bond motifs is 7. The van der Waals surface area contributed by atoms with Gasteiger partial charge in [0.25, 0.3) is 0 Å². The van der Waals surface area contributed by atoms with Gasteiger partial charge in [-0.1, -0.05) is 28.3 Å². The number of aromatic nitrogens is 1. The van der Waals surface area contributed by atoms with E-state index in [4.69, 9.17) is 160 Å². The molecule has 7 aromatic rings. The third-order valence-corrected chi connectivity index (χ3v) is 19.9. The van der Waals surface area contributed by atoms with Crippen molar-refractivity contribution in [1.29, 1.82) is 0 Å². The SMILES string of the molecule is [B]c1c([B])c([B])c(C(N=[C-]n2c3c([B])c([B])c([B])c([B])c3c3c([B])c([B])c([B])c([B])c32)=N[CH-]c2c([B])c([B])c([B])c3c2oc2c([B])c4c(c([B])c23)C2(OC43C4CC5CC(C4)CC3C5)C3CC4CC(C3)CC2C4)c([B])c1[B].[K+]. The van der Waals surface area contributed by atoms with Crippen molar-refractivity contribution in [3.8, 4) is 0 Å². The monoisotopic (exact) mass is 976 g/mol. The summed E-state index contributed by atoms with van der Waals surface area (Å²) in [5.74, 6) is 3.70. The number of hydrogen-bond acceptors (Lipinski definition) is 3. The molecule has 0 amide bonds. The van der Waals surface area contributed by atoms with Gasteiger partial charge in [0.05, 0.1) is 30.5 Å². The molecule has 0 N–H and O–H groups in total. The maximum absolute atomic E-state index is 8.15. The Hall–Kier alpha value is -2.32. The molecule has 0 unspecified atom stereocenters. The van der Waals surface area contributed by atoms with E-state index in [0.29, 0.717) is 74.6 Å². The minimum atomic E-state index is -0.604. The second-order valence-corrected chi connectivity index (χ2v) is 23.4. The smallest absolute Gasteiger partial charge is 0.500 e. The number of amidine groups is 1. The second-order valence-electron chi connectivity index (χ2n) is 23.4. The van der Waals surface area contributed by atoms with Crippen LogP contribution < -0.4 is 150 Å². The van der Waals surface area contributed by atoms with E-state index in [0.717, 1.165) is 62.5 Å². The summed E-state index contributed by atoms with van der Waals surface area (Å²) >= 11 is 0. The third-order valence-electron chi connectivity index (χ3n) is 19.9. The summed E-state index contributed by atoms with van der Waals surface area (Å²) in [5, 5.41) is 1.47. The minimum Gasteiger partial charge on any atom is -0.500 e. The van der Waals surface area contributed by atoms with E-state index in [9.17, 15) is 0 Å². The van der Waals surface area contributed by atoms with Crippen LogP contribution in [-0.4, -0.2) is 158 Å². The molecule has 16 rings (SSSR count). The fourth-order valence-corrected chi connectivity index (χ4v) is 16.9. The Balaban J connectivity index is 0.00000566. The molecule has 5 aromatic carbocycles. The Morgan fingerprint density at radius 2 is 0.779 bits per heavy atom. The fraction of sp³-hybridized carbons (Fsp3) is 0.377. The van der Waals surface area contributed by atoms with E-state index in [2.05, 4.69) is 6.34 Å². The van der Waals surface area contributed by atoms with E-state index in [1.165, 1.54) is 24.0 Å². The quantitative estimate of drug-likeness (QED) is 0.0764. The molecule has 5 nitrogen and oxygen atoms in total. The molecule has 8 fully saturated rings. The van der Waals surface area contributed by atoms with Crippen molar-refractivity contribution in [1.82, 2.24) is 4.57 Å². The van der Waals surface area contributed by atoms with Gasteiger partial charge in [-0.2, -0.15) is 5.46 Å². The summed E-state index contributed by atoms with van der Waals surface area (Å²) in [4.78, 5) is 9.68. The molecule has 8 saturated carbocycles. The summed E-state index contributed by atoms with van der Waals surface area (Å²) in [5.41, 5.74) is 2.76. The van der Waals surface area contributed by atoms with Gasteiger partial charge in [-0.25, -0.2) is 0 Å². The van der Waals surface area contributed by atoms with Gasteiger partial charge in [0.1, 0.15) is 131 Å². The van der Waals surface area contributed by atoms with Crippen LogP contribution in [0.15, 0.2) is 14.4 Å². The summed E-state index contributed by atoms with van der Waals surface area (Å²) in [6.07, 6.45) is 14.4. The van der Waals surface area contributed by atoms with Crippen molar-refractivity contribution in [2.45, 2.75) is 75.4 Å². The van der Waals surface area contributed by atoms with E-state index in [1.54, 1.807) is 0 Å². The molecule has 8 aliphatic carbocycles. The molecule has 9 aliphatic rings. The molecule has 0 atom stereocenters. The molecular weight excluding hydrogens is 944 g/mol. The van der Waals surface area contributed by atoms with Crippen molar-refractivity contribution in [3.05, 3.63) is 28.8 Å². The number of aliphatic imine (C=N–C) groups is 2. The zero-order valence-electron chi connectivity index (χ0n) is 42.8. The summed E-state index contributed by atoms with van der Waals surface area (Å²) in [6, 6.07) is 0. The molecule has 24 heteroatoms. The van der Waals surface area contributed by atoms with E-state index < -0.39 is 11.2 Å². The Morgan fingerprint density at radius 1 is 0.416 bits per heavy atom. The van der Waals surface area contributed by atoms with Crippen molar-refractivity contribution in [2.75, 3.05) is 0 Å². The third kappa shape index (κ3) is 6.93. The van der Waals surface area contributed by atoms with Gasteiger partial charge in [-0.3, -0.25) is 0 Å². The number of hydrogen-bond donors (Lipinski definition) is 0. The predicted molar refractivity (Wildman–Crippen MR) is 328 cm³/mol. The zero-order chi connectivity index (χ0) is 53.4. The van der Waals surface area contributed by atoms with Crippen LogP contribution in [0.1, 0.15) is 86.5 Å². The molecular formula is C53H29B18KN3O2-. The summed E-state index contributed by atoms with van der Waals surface area (Å²) in [6.45, 7) is 1.39. The van der Waals surface area contributed by atoms with E-state index >= 15 is 0 Å². The van der Waals surface area contributed by atoms with E-state index in [1.807, 2.05) is 0 Å². The first-order valence-corrected chi connectivity index (χ1v) is 26.0. The van der Waals surface area contributed by atoms with Crippen LogP contribution >= 0.6 is 0 Å². The minimum absolute atomic E-state index is 0. The normalized spacial score (nSPS) is 28.6. The first-order chi connectivity index (χ1) is 36.1. The molecule has 0 saturated heterocycles. The Kier molecular flexibility index (Phi) is 12.8. The fourth-order valence-electron chi connectivity index (χ4n) is 16.9. The molecule has 1 aliphatic heterocycles. The average molecular weight is 974 g/mol. The van der Waals surface area contributed by atoms with Crippen LogP contribution in [0.2, 0.25) is 0 Å². The van der Waals surface area contributed by atoms with Crippen LogP contribution in [0, 0.1) is 53.9 Å². The maximum atomic E-state index is 8.15. The number of rotatable bonds is 4. The largest absolute Gasteiger partial charge is 1.00 e. The summed E-state index contributed by atoms with van der Waals surface area (Å²) in [7, 11) is 121. The van der Waals surface area contributed by atoms with Crippen LogP contribution in [0.5, 0.6) is 0 Å². The van der Waals surface area contributed by atoms with Crippen molar-refractivity contribution in [2.24, 2.45) is 57.3 Å². The summed E-state index contributed by atoms with van der Waals surface area (Å²) < 4.78 is 16.5. The van der Waals surface area contributed by atoms with Crippen LogP contribution in [0.3, 0.4) is 0 Å². The molecule has 77 heavy (non-hydrogen) atoms. The molecule has 324 valence electrons. The molecule has 8 bridgehead atoms. The first-order valence-electron chi connectivity index (χ1n) is 26.0. The van der Waals surface area contributed by atoms with Crippen LogP contribution in [0.25, 0.3) is 43.7 Å². The van der Waals surface area contributed by atoms with Gasteiger partial charge in [-0.15, -0.1) is 81.9 Å². The molecule has 2 aromatic heterocycles. The molecule has 36 radical (unpaired) electrons. The number of nitrogens with zero attached hydrogens (tertiary/aromatic N) is 3. The predicted octanol–water partition coefficient (Wildman–Crippen LogP) is -12.3. The van der Waals surface area contributed by atoms with Gasteiger partial charge in [0, 0.05) is 19.6 Å². The standard InChI is InChI=1S/C53H29B18N3O2.K/c54-29-21(11-72-51(26-34(59)40(65)42(67)41(66)35(26)60)73-12-74-47-22(31(56)38(63)43(68)45(47)70)23-32(57)39(64)44(69)46(71)48(23)74)49-25(33(58)37(29)62)24-30(55)27-28(36(61)50(24)75-49)53(19-7-15-2-16(9-19)10-20(53)8-15)76-52(27)17-3-13-1-14(5-17)6-18(52)4-13;/h11,13-20H,1-10H2;/q-2;+1. The Morgan fingerprint density at radius 3 is 1.23 bits per heavy atom. The molecule has 3 heterocycles. The second kappa shape index (κ2) is 18.3. The van der Waals surface area contributed by atoms with Gasteiger partial charge in [0.2, 0.25) is 0 Å². The zero-order valence-corrected chi connectivity index (χ0v) is 45.9. The first kappa shape index (κ1) is 54.0. The number of ether oxygens (including phenoxy) is 1. The van der Waals surface area contributed by atoms with E-state index in [-0.39, 0.29) is 183 Å². The van der Waals surface area contributed by atoms with Gasteiger partial charge in [0.15, 0.2) is 0 Å². The van der Waals surface area contributed by atoms with Crippen molar-refractivity contribution in [3.63, 3.8) is 0 Å². The molecule has 2 spiro atoms.